The number of amides is 4. The third-order valence-corrected chi connectivity index (χ3v) is 8.16. The highest BCUT2D eigenvalue weighted by molar-refractivity contribution is 6.19. The number of carbonyl (C=O) groups excluding carboxylic acids is 4. The van der Waals surface area contributed by atoms with E-state index in [9.17, 15) is 19.2 Å². The van der Waals surface area contributed by atoms with Crippen LogP contribution in [-0.4, -0.2) is 78.7 Å². The molecule has 4 amide bonds. The fourth-order valence-electron chi connectivity index (χ4n) is 6.05. The number of ketones is 1. The number of hydrogen-bond acceptors (Lipinski definition) is 9. The normalized spacial score (nSPS) is 20.1. The van der Waals surface area contributed by atoms with Crippen LogP contribution in [0.3, 0.4) is 0 Å². The first kappa shape index (κ1) is 30.4. The van der Waals surface area contributed by atoms with E-state index >= 15 is 0 Å². The van der Waals surface area contributed by atoms with Gasteiger partial charge in [-0.25, -0.2) is 14.6 Å². The second kappa shape index (κ2) is 12.4. The Morgan fingerprint density at radius 1 is 0.956 bits per heavy atom. The van der Waals surface area contributed by atoms with Crippen molar-refractivity contribution in [2.45, 2.75) is 45.3 Å². The van der Waals surface area contributed by atoms with Gasteiger partial charge in [-0.05, 0) is 69.5 Å². The molecule has 13 nitrogen and oxygen atoms in total. The molecule has 6 rings (SSSR count). The molecule has 0 radical (unpaired) electrons. The Balaban J connectivity index is 1.08. The fraction of sp³-hybridized carbons (Fsp3) is 0.438. The lowest BCUT2D eigenvalue weighted by molar-refractivity contribution is 0.0207. The van der Waals surface area contributed by atoms with Crippen LogP contribution in [0.4, 0.5) is 21.0 Å². The van der Waals surface area contributed by atoms with E-state index in [-0.39, 0.29) is 17.6 Å². The molecule has 3 N–H and O–H groups in total. The summed E-state index contributed by atoms with van der Waals surface area (Å²) < 4.78 is 10.6. The van der Waals surface area contributed by atoms with Gasteiger partial charge >= 0.3 is 12.1 Å². The predicted molar refractivity (Wildman–Crippen MR) is 165 cm³/mol. The molecule has 1 aliphatic carbocycles. The molecular weight excluding hydrogens is 578 g/mol. The molecule has 1 unspecified atom stereocenters. The molecule has 1 atom stereocenters. The third-order valence-electron chi connectivity index (χ3n) is 8.16. The van der Waals surface area contributed by atoms with E-state index in [0.717, 1.165) is 5.56 Å². The highest BCUT2D eigenvalue weighted by atomic mass is 16.6. The van der Waals surface area contributed by atoms with Gasteiger partial charge in [-0.3, -0.25) is 20.3 Å². The molecule has 0 spiro atoms. The van der Waals surface area contributed by atoms with Gasteiger partial charge in [0.2, 0.25) is 0 Å². The second-order valence-corrected chi connectivity index (χ2v) is 12.5. The molecular formula is C32H37N7O6. The van der Waals surface area contributed by atoms with Gasteiger partial charge in [0, 0.05) is 43.3 Å². The number of allylic oxidation sites excluding steroid dienone is 1. The van der Waals surface area contributed by atoms with Crippen molar-refractivity contribution in [1.29, 1.82) is 0 Å². The zero-order valence-corrected chi connectivity index (χ0v) is 25.6. The fourth-order valence-corrected chi connectivity index (χ4v) is 6.05. The number of hydrogen-bond donors (Lipinski definition) is 3. The van der Waals surface area contributed by atoms with Crippen LogP contribution in [0.1, 0.15) is 65.9 Å². The molecule has 4 aliphatic rings. The van der Waals surface area contributed by atoms with E-state index in [0.29, 0.717) is 86.0 Å². The van der Waals surface area contributed by atoms with Crippen LogP contribution in [-0.2, 0) is 9.47 Å². The minimum absolute atomic E-state index is 0.0162. The Bertz CT molecular complexity index is 1570. The Hall–Kier alpha value is -4.62. The lowest BCUT2D eigenvalue weighted by atomic mass is 9.89. The lowest BCUT2D eigenvalue weighted by Crippen LogP contribution is -2.49. The molecule has 2 aromatic rings. The first-order valence-corrected chi connectivity index (χ1v) is 15.2. The monoisotopic (exact) mass is 615 g/mol. The van der Waals surface area contributed by atoms with Crippen molar-refractivity contribution < 1.29 is 28.7 Å². The number of urea groups is 1. The molecule has 2 fully saturated rings. The highest BCUT2D eigenvalue weighted by Gasteiger charge is 2.44. The van der Waals surface area contributed by atoms with Gasteiger partial charge in [0.15, 0.2) is 5.78 Å². The van der Waals surface area contributed by atoms with Crippen molar-refractivity contribution in [3.63, 3.8) is 0 Å². The Morgan fingerprint density at radius 2 is 1.67 bits per heavy atom. The number of ether oxygens (including phenoxy) is 2. The van der Waals surface area contributed by atoms with Gasteiger partial charge in [0.05, 0.1) is 35.7 Å². The van der Waals surface area contributed by atoms with E-state index in [1.54, 1.807) is 67.1 Å². The minimum atomic E-state index is -0.611. The molecule has 236 valence electrons. The molecule has 0 aromatic heterocycles. The third kappa shape index (κ3) is 6.59. The summed E-state index contributed by atoms with van der Waals surface area (Å²) in [4.78, 5) is 53.6. The smallest absolute Gasteiger partial charge is 0.412 e. The van der Waals surface area contributed by atoms with Crippen molar-refractivity contribution in [2.75, 3.05) is 50.0 Å². The predicted octanol–water partition coefficient (Wildman–Crippen LogP) is 4.91. The number of piperidine rings is 1. The van der Waals surface area contributed by atoms with Gasteiger partial charge in [-0.15, -0.1) is 0 Å². The molecule has 45 heavy (non-hydrogen) atoms. The van der Waals surface area contributed by atoms with Gasteiger partial charge in [0.1, 0.15) is 11.6 Å². The largest absolute Gasteiger partial charge is 0.444 e. The summed E-state index contributed by atoms with van der Waals surface area (Å²) in [5.74, 6) is -0.287. The number of azo groups is 1. The number of nitrogens with one attached hydrogen (secondary N) is 3. The standard InChI is InChI=1S/C32H37N7O6/c1-32(2,3)45-31(43)33-21-9-7-20(8-10-21)29(41)38-13-11-19(12-14-38)26-25-27(36-35-26)22-5-4-6-23(24(22)28(25)40)34-30(42)37-39-15-17-44-18-16-39/h4-10,19,27H,11-18H2,1-3H3,(H,33,43)(H2,34,37,42). The SMILES string of the molecule is CC(C)(C)OC(=O)Nc1ccc(C(=O)N2CCC(C3=C4C(=O)c5c(NC(=O)NN6CCOCC6)cccc5C4N=N3)CC2)cc1. The van der Waals surface area contributed by atoms with Crippen LogP contribution in [0, 0.1) is 5.92 Å². The minimum Gasteiger partial charge on any atom is -0.444 e. The summed E-state index contributed by atoms with van der Waals surface area (Å²) in [7, 11) is 0. The van der Waals surface area contributed by atoms with E-state index in [1.807, 2.05) is 6.07 Å². The lowest BCUT2D eigenvalue weighted by Gasteiger charge is -2.32. The van der Waals surface area contributed by atoms with Gasteiger partial charge in [-0.2, -0.15) is 10.2 Å². The zero-order chi connectivity index (χ0) is 31.7. The van der Waals surface area contributed by atoms with Crippen molar-refractivity contribution in [3.05, 3.63) is 70.4 Å². The molecule has 2 aromatic carbocycles. The molecule has 0 bridgehead atoms. The van der Waals surface area contributed by atoms with Crippen molar-refractivity contribution in [3.8, 4) is 0 Å². The van der Waals surface area contributed by atoms with E-state index < -0.39 is 23.8 Å². The first-order valence-electron chi connectivity index (χ1n) is 15.2. The van der Waals surface area contributed by atoms with E-state index in [4.69, 9.17) is 9.47 Å². The number of benzene rings is 2. The number of morpholine rings is 1. The molecule has 3 aliphatic heterocycles. The Morgan fingerprint density at radius 3 is 2.36 bits per heavy atom. The quantitative estimate of drug-likeness (QED) is 0.432. The number of nitrogens with zero attached hydrogens (tertiary/aromatic N) is 4. The van der Waals surface area contributed by atoms with Crippen molar-refractivity contribution in [2.24, 2.45) is 16.1 Å². The summed E-state index contributed by atoms with van der Waals surface area (Å²) in [6.07, 6.45) is 0.729. The maximum atomic E-state index is 13.8. The van der Waals surface area contributed by atoms with Crippen LogP contribution in [0.2, 0.25) is 0 Å². The number of hydrazine groups is 1. The molecule has 13 heteroatoms. The van der Waals surface area contributed by atoms with Crippen LogP contribution in [0.15, 0.2) is 64.0 Å². The van der Waals surface area contributed by atoms with Gasteiger partial charge in [-0.1, -0.05) is 12.1 Å². The van der Waals surface area contributed by atoms with Gasteiger partial charge in [0.25, 0.3) is 5.91 Å². The average Bonchev–Trinajstić information content (AvgIpc) is 3.57. The average molecular weight is 616 g/mol. The Kier molecular flexibility index (Phi) is 8.38. The summed E-state index contributed by atoms with van der Waals surface area (Å²) in [6.45, 7) is 8.63. The number of fused-ring (bicyclic) bond motifs is 3. The van der Waals surface area contributed by atoms with Crippen LogP contribution < -0.4 is 16.1 Å². The molecule has 0 saturated carbocycles. The number of rotatable bonds is 5. The zero-order valence-electron chi connectivity index (χ0n) is 25.6. The van der Waals surface area contributed by atoms with Crippen molar-refractivity contribution in [1.82, 2.24) is 15.3 Å². The topological polar surface area (TPSA) is 154 Å². The Labute approximate surface area is 261 Å². The number of carbonyl (C=O) groups is 4. The maximum Gasteiger partial charge on any atom is 0.412 e. The summed E-state index contributed by atoms with van der Waals surface area (Å²) in [5.41, 5.74) is 6.11. The summed E-state index contributed by atoms with van der Waals surface area (Å²) in [6, 6.07) is 11.2. The van der Waals surface area contributed by atoms with Crippen LogP contribution in [0.5, 0.6) is 0 Å². The first-order chi connectivity index (χ1) is 21.6. The number of likely N-dealkylation sites (tertiary alicyclic amines) is 1. The van der Waals surface area contributed by atoms with Gasteiger partial charge < -0.3 is 19.7 Å². The number of Topliss-reactive ketones (excluding diaryl/α,β-unsaturated/α-hetero) is 1. The van der Waals surface area contributed by atoms with E-state index in [2.05, 4.69) is 26.3 Å². The van der Waals surface area contributed by atoms with Crippen molar-refractivity contribution >= 4 is 35.2 Å². The molecule has 3 heterocycles. The van der Waals surface area contributed by atoms with E-state index in [1.165, 1.54) is 0 Å². The second-order valence-electron chi connectivity index (χ2n) is 12.5. The van der Waals surface area contributed by atoms with Crippen LogP contribution in [0.25, 0.3) is 0 Å². The molecule has 2 saturated heterocycles. The maximum absolute atomic E-state index is 13.8. The summed E-state index contributed by atoms with van der Waals surface area (Å²) >= 11 is 0. The van der Waals surface area contributed by atoms with Crippen LogP contribution >= 0.6 is 0 Å². The number of anilines is 2. The highest BCUT2D eigenvalue weighted by Crippen LogP contribution is 2.49. The summed E-state index contributed by atoms with van der Waals surface area (Å²) in [5, 5.41) is 16.2.